The van der Waals surface area contributed by atoms with Gasteiger partial charge in [-0.3, -0.25) is 4.90 Å². The van der Waals surface area contributed by atoms with Crippen molar-refractivity contribution in [1.29, 1.82) is 0 Å². The molecular weight excluding hydrogens is 196 g/mol. The van der Waals surface area contributed by atoms with Gasteiger partial charge in [0.05, 0.1) is 18.2 Å². The van der Waals surface area contributed by atoms with Gasteiger partial charge >= 0.3 is 0 Å². The van der Waals surface area contributed by atoms with Gasteiger partial charge in [0.1, 0.15) is 6.10 Å². The normalized spacial score (nSPS) is 38.2. The van der Waals surface area contributed by atoms with E-state index in [1.807, 2.05) is 4.90 Å². The van der Waals surface area contributed by atoms with Crippen LogP contribution in [-0.2, 0) is 0 Å². The number of likely N-dealkylation sites (tertiary alicyclic amines) is 1. The number of nitrogens with zero attached hydrogens (tertiary/aromatic N) is 1. The maximum atomic E-state index is 9.75. The minimum atomic E-state index is -1.07. The number of hydrogen-bond donors (Lipinski definition) is 4. The number of unbranched alkanes of at least 4 members (excludes halogenated alkanes) is 1. The summed E-state index contributed by atoms with van der Waals surface area (Å²) in [5.41, 5.74) is 5.57. The second-order valence-electron chi connectivity index (χ2n) is 4.20. The second-order valence-corrected chi connectivity index (χ2v) is 4.20. The number of hydrogen-bond acceptors (Lipinski definition) is 5. The molecule has 0 aromatic heterocycles. The van der Waals surface area contributed by atoms with E-state index in [2.05, 4.69) is 6.92 Å². The highest BCUT2D eigenvalue weighted by Gasteiger charge is 2.40. The van der Waals surface area contributed by atoms with Crippen LogP contribution in [0.5, 0.6) is 0 Å². The minimum absolute atomic E-state index is 0.241. The zero-order valence-corrected chi connectivity index (χ0v) is 9.21. The van der Waals surface area contributed by atoms with E-state index in [0.29, 0.717) is 13.1 Å². The van der Waals surface area contributed by atoms with Gasteiger partial charge in [0, 0.05) is 13.1 Å². The van der Waals surface area contributed by atoms with Gasteiger partial charge < -0.3 is 21.1 Å². The molecule has 0 unspecified atom stereocenters. The zero-order chi connectivity index (χ0) is 11.4. The van der Waals surface area contributed by atoms with Gasteiger partial charge in [-0.1, -0.05) is 13.3 Å². The largest absolute Gasteiger partial charge is 0.389 e. The molecule has 5 nitrogen and oxygen atoms in total. The summed E-state index contributed by atoms with van der Waals surface area (Å²) in [6.45, 7) is 3.58. The summed E-state index contributed by atoms with van der Waals surface area (Å²) >= 11 is 0. The van der Waals surface area contributed by atoms with Crippen molar-refractivity contribution in [1.82, 2.24) is 4.90 Å². The minimum Gasteiger partial charge on any atom is -0.389 e. The lowest BCUT2D eigenvalue weighted by atomic mass is 9.93. The fourth-order valence-corrected chi connectivity index (χ4v) is 2.06. The number of piperidine rings is 1. The third kappa shape index (κ3) is 2.89. The van der Waals surface area contributed by atoms with Crippen molar-refractivity contribution in [3.63, 3.8) is 0 Å². The summed E-state index contributed by atoms with van der Waals surface area (Å²) in [6.07, 6.45) is -0.833. The summed E-state index contributed by atoms with van der Waals surface area (Å²) in [5, 5.41) is 28.8. The number of nitrogens with two attached hydrogens (primary N) is 1. The highest BCUT2D eigenvalue weighted by molar-refractivity contribution is 4.94. The van der Waals surface area contributed by atoms with Crippen LogP contribution in [0.25, 0.3) is 0 Å². The van der Waals surface area contributed by atoms with E-state index >= 15 is 0 Å². The first-order valence-electron chi connectivity index (χ1n) is 5.60. The third-order valence-electron chi connectivity index (χ3n) is 3.07. The molecule has 0 radical (unpaired) electrons. The smallest absolute Gasteiger partial charge is 0.109 e. The predicted molar refractivity (Wildman–Crippen MR) is 57.3 cm³/mol. The molecule has 5 N–H and O–H groups in total. The van der Waals surface area contributed by atoms with E-state index in [9.17, 15) is 15.3 Å². The first kappa shape index (κ1) is 12.9. The number of aliphatic hydroxyl groups excluding tert-OH is 3. The standard InChI is InChI=1S/C10H22N2O3/c1-2-3-4-12-6-8(13)10(15)9(14)7(12)5-11/h7-10,13-15H,2-6,11H2,1H3/t7-,8+,9-,10-/m1/s1. The lowest BCUT2D eigenvalue weighted by molar-refractivity contribution is -0.134. The Kier molecular flexibility index (Phi) is 4.95. The highest BCUT2D eigenvalue weighted by atomic mass is 16.4. The van der Waals surface area contributed by atoms with Crippen LogP contribution in [0.1, 0.15) is 19.8 Å². The molecule has 0 amide bonds. The predicted octanol–water partition coefficient (Wildman–Crippen LogP) is -1.49. The molecule has 1 heterocycles. The van der Waals surface area contributed by atoms with Crippen molar-refractivity contribution in [3.8, 4) is 0 Å². The molecule has 1 saturated heterocycles. The summed E-state index contributed by atoms with van der Waals surface area (Å²) in [5.74, 6) is 0. The maximum absolute atomic E-state index is 9.75. The summed E-state index contributed by atoms with van der Waals surface area (Å²) < 4.78 is 0. The molecule has 15 heavy (non-hydrogen) atoms. The SMILES string of the molecule is CCCCN1C[C@H](O)[C@@H](O)[C@H](O)[C@H]1CN. The van der Waals surface area contributed by atoms with Gasteiger partial charge in [-0.25, -0.2) is 0 Å². The summed E-state index contributed by atoms with van der Waals surface area (Å²) in [6, 6.07) is -0.241. The molecule has 0 aliphatic carbocycles. The Morgan fingerprint density at radius 1 is 1.27 bits per heavy atom. The molecule has 1 rings (SSSR count). The number of β-amino-alcohol motifs (C(OH)–C–C–N with tert-alkyl or cyclic N) is 1. The van der Waals surface area contributed by atoms with Gasteiger partial charge in [0.2, 0.25) is 0 Å². The highest BCUT2D eigenvalue weighted by Crippen LogP contribution is 2.18. The second kappa shape index (κ2) is 5.77. The van der Waals surface area contributed by atoms with Crippen LogP contribution in [0.4, 0.5) is 0 Å². The molecule has 0 bridgehead atoms. The Hall–Kier alpha value is -0.200. The van der Waals surface area contributed by atoms with Crippen LogP contribution in [0.3, 0.4) is 0 Å². The summed E-state index contributed by atoms with van der Waals surface area (Å²) in [4.78, 5) is 1.96. The zero-order valence-electron chi connectivity index (χ0n) is 9.21. The molecule has 5 heteroatoms. The number of rotatable bonds is 4. The molecule has 4 atom stereocenters. The van der Waals surface area contributed by atoms with E-state index < -0.39 is 18.3 Å². The molecule has 0 aromatic rings. The number of aliphatic hydroxyl groups is 3. The molecular formula is C10H22N2O3. The lowest BCUT2D eigenvalue weighted by Gasteiger charge is -2.43. The van der Waals surface area contributed by atoms with Crippen LogP contribution >= 0.6 is 0 Å². The lowest BCUT2D eigenvalue weighted by Crippen LogP contribution is -2.63. The Labute approximate surface area is 90.5 Å². The molecule has 1 aliphatic rings. The van der Waals surface area contributed by atoms with Gasteiger partial charge in [-0.05, 0) is 13.0 Å². The van der Waals surface area contributed by atoms with E-state index in [1.54, 1.807) is 0 Å². The molecule has 1 fully saturated rings. The van der Waals surface area contributed by atoms with Crippen molar-refractivity contribution in [3.05, 3.63) is 0 Å². The molecule has 0 aromatic carbocycles. The first-order valence-corrected chi connectivity index (χ1v) is 5.60. The van der Waals surface area contributed by atoms with Crippen molar-refractivity contribution in [2.75, 3.05) is 19.6 Å². The Bertz CT molecular complexity index is 192. The van der Waals surface area contributed by atoms with Crippen molar-refractivity contribution < 1.29 is 15.3 Å². The van der Waals surface area contributed by atoms with Crippen molar-refractivity contribution in [2.45, 2.75) is 44.1 Å². The summed E-state index contributed by atoms with van der Waals surface area (Å²) in [7, 11) is 0. The Balaban J connectivity index is 2.60. The van der Waals surface area contributed by atoms with Gasteiger partial charge in [-0.15, -0.1) is 0 Å². The first-order chi connectivity index (χ1) is 7.11. The topological polar surface area (TPSA) is 90.0 Å². The quantitative estimate of drug-likeness (QED) is 0.462. The van der Waals surface area contributed by atoms with Crippen LogP contribution in [0.15, 0.2) is 0 Å². The third-order valence-corrected chi connectivity index (χ3v) is 3.07. The van der Waals surface area contributed by atoms with Gasteiger partial charge in [0.15, 0.2) is 0 Å². The van der Waals surface area contributed by atoms with E-state index in [0.717, 1.165) is 19.4 Å². The monoisotopic (exact) mass is 218 g/mol. The average Bonchev–Trinajstić information content (AvgIpc) is 2.23. The van der Waals surface area contributed by atoms with Crippen molar-refractivity contribution in [2.24, 2.45) is 5.73 Å². The Morgan fingerprint density at radius 3 is 2.47 bits per heavy atom. The van der Waals surface area contributed by atoms with Gasteiger partial charge in [0.25, 0.3) is 0 Å². The van der Waals surface area contributed by atoms with Crippen LogP contribution in [0, 0.1) is 0 Å². The van der Waals surface area contributed by atoms with E-state index in [-0.39, 0.29) is 6.04 Å². The van der Waals surface area contributed by atoms with E-state index in [1.165, 1.54) is 0 Å². The van der Waals surface area contributed by atoms with E-state index in [4.69, 9.17) is 5.73 Å². The van der Waals surface area contributed by atoms with Crippen LogP contribution < -0.4 is 5.73 Å². The van der Waals surface area contributed by atoms with Crippen molar-refractivity contribution >= 4 is 0 Å². The maximum Gasteiger partial charge on any atom is 0.109 e. The molecule has 0 spiro atoms. The van der Waals surface area contributed by atoms with Gasteiger partial charge in [-0.2, -0.15) is 0 Å². The van der Waals surface area contributed by atoms with Crippen LogP contribution in [0.2, 0.25) is 0 Å². The fraction of sp³-hybridized carbons (Fsp3) is 1.00. The molecule has 1 aliphatic heterocycles. The van der Waals surface area contributed by atoms with Crippen LogP contribution in [-0.4, -0.2) is 64.2 Å². The molecule has 90 valence electrons. The fourth-order valence-electron chi connectivity index (χ4n) is 2.06. The average molecular weight is 218 g/mol. The molecule has 0 saturated carbocycles. The Morgan fingerprint density at radius 2 is 1.93 bits per heavy atom.